The molecule has 0 bridgehead atoms. The van der Waals surface area contributed by atoms with Crippen LogP contribution in [0, 0.1) is 0 Å². The number of hydrogen-bond donors (Lipinski definition) is 1. The van der Waals surface area contributed by atoms with Crippen molar-refractivity contribution in [3.05, 3.63) is 0 Å². The SMILES string of the molecule is [AlH3].[B]CCO. The summed E-state index contributed by atoms with van der Waals surface area (Å²) in [6, 6.07) is 0. The molecule has 0 aromatic heterocycles. The summed E-state index contributed by atoms with van der Waals surface area (Å²) in [4.78, 5) is 0. The predicted molar refractivity (Wildman–Crippen MR) is 27.6 cm³/mol. The molecule has 5 heavy (non-hydrogen) atoms. The van der Waals surface area contributed by atoms with Crippen molar-refractivity contribution < 1.29 is 5.11 Å². The molecule has 0 saturated heterocycles. The molecule has 1 N–H and O–H groups in total. The maximum Gasteiger partial charge on any atom is 0.187 e. The van der Waals surface area contributed by atoms with Gasteiger partial charge >= 0.3 is 0 Å². The standard InChI is InChI=1S/C2H5BO.Al.3H/c3-1-2-4;;;;/h4H,1-2H2;;;;. The van der Waals surface area contributed by atoms with Crippen LogP contribution < -0.4 is 0 Å². The molecular weight excluding hydrogens is 77.8 g/mol. The molecule has 2 radical (unpaired) electrons. The van der Waals surface area contributed by atoms with Crippen LogP contribution in [0.4, 0.5) is 0 Å². The summed E-state index contributed by atoms with van der Waals surface area (Å²) >= 11 is 0. The van der Waals surface area contributed by atoms with E-state index in [0.29, 0.717) is 6.32 Å². The molecule has 28 valence electrons. The molecule has 0 fully saturated rings. The van der Waals surface area contributed by atoms with Crippen LogP contribution in [0.2, 0.25) is 6.32 Å². The van der Waals surface area contributed by atoms with E-state index in [1.165, 1.54) is 0 Å². The van der Waals surface area contributed by atoms with Crippen LogP contribution in [0.3, 0.4) is 0 Å². The molecule has 0 heterocycles. The Balaban J connectivity index is 0. The van der Waals surface area contributed by atoms with Gasteiger partial charge in [0.1, 0.15) is 0 Å². The Hall–Kier alpha value is 0.557. The maximum absolute atomic E-state index is 7.75. The van der Waals surface area contributed by atoms with E-state index in [1.54, 1.807) is 0 Å². The van der Waals surface area contributed by atoms with E-state index in [2.05, 4.69) is 0 Å². The number of aliphatic hydroxyl groups is 1. The molecule has 0 spiro atoms. The molecule has 0 unspecified atom stereocenters. The van der Waals surface area contributed by atoms with E-state index in [9.17, 15) is 0 Å². The number of hydrogen-bond acceptors (Lipinski definition) is 1. The van der Waals surface area contributed by atoms with E-state index in [0.717, 1.165) is 0 Å². The molecule has 0 rings (SSSR count). The highest BCUT2D eigenvalue weighted by atomic mass is 27.0. The summed E-state index contributed by atoms with van der Waals surface area (Å²) in [5.74, 6) is 0. The summed E-state index contributed by atoms with van der Waals surface area (Å²) in [6.07, 6.45) is 0.375. The van der Waals surface area contributed by atoms with Gasteiger partial charge in [-0.05, 0) is 0 Å². The zero-order valence-electron chi connectivity index (χ0n) is 2.44. The van der Waals surface area contributed by atoms with Gasteiger partial charge in [-0.2, -0.15) is 0 Å². The van der Waals surface area contributed by atoms with Crippen molar-refractivity contribution in [1.29, 1.82) is 0 Å². The van der Waals surface area contributed by atoms with Gasteiger partial charge in [0.25, 0.3) is 0 Å². The zero-order valence-corrected chi connectivity index (χ0v) is 2.44. The van der Waals surface area contributed by atoms with Crippen molar-refractivity contribution in [2.75, 3.05) is 6.61 Å². The van der Waals surface area contributed by atoms with Crippen LogP contribution in [-0.4, -0.2) is 36.9 Å². The topological polar surface area (TPSA) is 20.2 Å². The lowest BCUT2D eigenvalue weighted by Crippen LogP contribution is -1.73. The summed E-state index contributed by atoms with van der Waals surface area (Å²) in [6.45, 7) is 0.0972. The van der Waals surface area contributed by atoms with Gasteiger partial charge < -0.3 is 5.11 Å². The molecule has 0 aliphatic rings. The third-order valence-corrected chi connectivity index (χ3v) is 0.129. The highest BCUT2D eigenvalue weighted by molar-refractivity contribution is 6.08. The minimum Gasteiger partial charge on any atom is -0.397 e. The van der Waals surface area contributed by atoms with E-state index < -0.39 is 0 Å². The van der Waals surface area contributed by atoms with E-state index in [-0.39, 0.29) is 24.0 Å². The van der Waals surface area contributed by atoms with Crippen LogP contribution in [0.1, 0.15) is 0 Å². The van der Waals surface area contributed by atoms with Gasteiger partial charge in [-0.1, -0.05) is 6.32 Å². The van der Waals surface area contributed by atoms with Crippen LogP contribution in [0.15, 0.2) is 0 Å². The van der Waals surface area contributed by atoms with Crippen molar-refractivity contribution in [3.8, 4) is 0 Å². The molecule has 0 aliphatic heterocycles. The molecule has 0 aromatic rings. The van der Waals surface area contributed by atoms with Gasteiger partial charge in [0, 0.05) is 6.61 Å². The Labute approximate surface area is 43.9 Å². The van der Waals surface area contributed by atoms with Crippen molar-refractivity contribution in [2.45, 2.75) is 6.32 Å². The highest BCUT2D eigenvalue weighted by Gasteiger charge is 1.57. The van der Waals surface area contributed by atoms with Crippen molar-refractivity contribution >= 4 is 25.2 Å². The van der Waals surface area contributed by atoms with E-state index >= 15 is 0 Å². The van der Waals surface area contributed by atoms with Crippen molar-refractivity contribution in [2.24, 2.45) is 0 Å². The molecule has 0 aliphatic carbocycles. The first-order valence-corrected chi connectivity index (χ1v) is 1.22. The van der Waals surface area contributed by atoms with Crippen LogP contribution in [0.25, 0.3) is 0 Å². The van der Waals surface area contributed by atoms with Gasteiger partial charge in [0.2, 0.25) is 0 Å². The Kier molecular flexibility index (Phi) is 16.1. The van der Waals surface area contributed by atoms with Gasteiger partial charge in [-0.15, -0.1) is 0 Å². The summed E-state index contributed by atoms with van der Waals surface area (Å²) in [5, 5.41) is 7.75. The summed E-state index contributed by atoms with van der Waals surface area (Å²) < 4.78 is 0. The van der Waals surface area contributed by atoms with Crippen molar-refractivity contribution in [1.82, 2.24) is 0 Å². The Morgan fingerprint density at radius 2 is 1.80 bits per heavy atom. The first kappa shape index (κ1) is 9.12. The zero-order chi connectivity index (χ0) is 3.41. The fourth-order valence-electron chi connectivity index (χ4n) is 0. The van der Waals surface area contributed by atoms with Crippen molar-refractivity contribution in [3.63, 3.8) is 0 Å². The molecular formula is C2H8AlBO. The number of aliphatic hydroxyl groups excluding tert-OH is 1. The normalized spacial score (nSPS) is 5.80. The Morgan fingerprint density at radius 3 is 1.80 bits per heavy atom. The van der Waals surface area contributed by atoms with Crippen LogP contribution in [0.5, 0.6) is 0 Å². The van der Waals surface area contributed by atoms with Gasteiger partial charge in [-0.25, -0.2) is 0 Å². The first-order valence-electron chi connectivity index (χ1n) is 1.22. The first-order chi connectivity index (χ1) is 1.91. The molecule has 3 heteroatoms. The lowest BCUT2D eigenvalue weighted by molar-refractivity contribution is 0.319. The highest BCUT2D eigenvalue weighted by Crippen LogP contribution is 1.56. The average Bonchev–Trinajstić information content (AvgIpc) is 1.37. The van der Waals surface area contributed by atoms with Crippen LogP contribution in [-0.2, 0) is 0 Å². The second kappa shape index (κ2) is 8.82. The minimum atomic E-state index is 0. The van der Waals surface area contributed by atoms with Crippen LogP contribution >= 0.6 is 0 Å². The fourth-order valence-corrected chi connectivity index (χ4v) is 0. The molecule has 0 saturated carbocycles. The molecule has 0 atom stereocenters. The Morgan fingerprint density at radius 1 is 1.60 bits per heavy atom. The summed E-state index contributed by atoms with van der Waals surface area (Å²) in [7, 11) is 4.78. The molecule has 0 aromatic carbocycles. The fraction of sp³-hybridized carbons (Fsp3) is 1.00. The summed E-state index contributed by atoms with van der Waals surface area (Å²) in [5.41, 5.74) is 0. The predicted octanol–water partition coefficient (Wildman–Crippen LogP) is -1.62. The minimum absolute atomic E-state index is 0. The van der Waals surface area contributed by atoms with Gasteiger partial charge in [0.05, 0.1) is 7.85 Å². The lowest BCUT2D eigenvalue weighted by Gasteiger charge is -1.69. The molecule has 1 nitrogen and oxygen atoms in total. The largest absolute Gasteiger partial charge is 0.397 e. The maximum atomic E-state index is 7.75. The quantitative estimate of drug-likeness (QED) is 0.380. The van der Waals surface area contributed by atoms with E-state index in [4.69, 9.17) is 13.0 Å². The average molecular weight is 85.9 g/mol. The van der Waals surface area contributed by atoms with Gasteiger partial charge in [0.15, 0.2) is 17.4 Å². The third-order valence-electron chi connectivity index (χ3n) is 0.129. The second-order valence-electron chi connectivity index (χ2n) is 0.512. The lowest BCUT2D eigenvalue weighted by atomic mass is 10.1. The van der Waals surface area contributed by atoms with E-state index in [1.807, 2.05) is 0 Å². The Bertz CT molecular complexity index is 11.6. The smallest absolute Gasteiger partial charge is 0.187 e. The third kappa shape index (κ3) is 12.3. The molecule has 0 amide bonds. The monoisotopic (exact) mass is 86.0 g/mol. The number of rotatable bonds is 1. The van der Waals surface area contributed by atoms with Gasteiger partial charge in [-0.3, -0.25) is 0 Å². The second-order valence-corrected chi connectivity index (χ2v) is 0.512.